The minimum atomic E-state index is -3.66. The first-order chi connectivity index (χ1) is 17.0. The van der Waals surface area contributed by atoms with Gasteiger partial charge in [0, 0.05) is 52.9 Å². The van der Waals surface area contributed by atoms with Gasteiger partial charge >= 0.3 is 70.2 Å². The molecule has 39 heavy (non-hydrogen) atoms. The van der Waals surface area contributed by atoms with Crippen molar-refractivity contribution in [1.82, 2.24) is 0 Å². The second kappa shape index (κ2) is 10.6. The van der Waals surface area contributed by atoms with Crippen molar-refractivity contribution in [3.05, 3.63) is 0 Å². The molecule has 3 aliphatic rings. The molecule has 3 fully saturated rings. The van der Waals surface area contributed by atoms with Crippen LogP contribution < -0.4 is 0 Å². The van der Waals surface area contributed by atoms with E-state index in [1.165, 1.54) is 7.11 Å². The SMILES string of the molecule is CO[Si@]1(C)O[Si]2(C)O[Si](C)(O[Si](C)(C)C)O[Si]3(C)O[Si](C)(O[Si](C)(C)O[Si](C)(C)C)O[Si](C)(O[Si](C)(O3)O2)O1. The summed E-state index contributed by atoms with van der Waals surface area (Å²) in [6.45, 7) is 29.0. The Bertz CT molecular complexity index is 942. The number of fused-ring (bicyclic) bond motifs is 3. The van der Waals surface area contributed by atoms with Crippen LogP contribution >= 0.6 is 0 Å². The molecule has 0 aromatic carbocycles. The van der Waals surface area contributed by atoms with Crippen molar-refractivity contribution in [3.63, 3.8) is 0 Å². The second-order valence-corrected chi connectivity index (χ2v) is 46.6. The Morgan fingerprint density at radius 1 is 0.410 bits per heavy atom. The van der Waals surface area contributed by atoms with Crippen molar-refractivity contribution in [2.75, 3.05) is 7.11 Å². The summed E-state index contributed by atoms with van der Waals surface area (Å²) < 4.78 is 85.9. The van der Waals surface area contributed by atoms with Crippen molar-refractivity contribution >= 4 is 86.8 Å². The van der Waals surface area contributed by atoms with Crippen LogP contribution in [0.4, 0.5) is 0 Å². The molecule has 0 aliphatic carbocycles. The first-order valence-electron chi connectivity index (χ1n) is 13.0. The van der Waals surface area contributed by atoms with Crippen LogP contribution in [0.2, 0.25) is 98.2 Å². The summed E-state index contributed by atoms with van der Waals surface area (Å²) in [5.41, 5.74) is 0. The number of rotatable bonds is 7. The van der Waals surface area contributed by atoms with E-state index in [4.69, 9.17) is 53.8 Å². The van der Waals surface area contributed by atoms with E-state index < -0.39 is 86.8 Å². The summed E-state index contributed by atoms with van der Waals surface area (Å²) in [6.07, 6.45) is 0. The monoisotopic (exact) mass is 728 g/mol. The van der Waals surface area contributed by atoms with Crippen LogP contribution in [0.5, 0.6) is 0 Å². The van der Waals surface area contributed by atoms with Gasteiger partial charge in [-0.05, 0) is 52.4 Å². The standard InChI is InChI=1S/C16H48O13Si10/c1-17-33(10)21-36(13)23-34(11,19-31(5,6)7)24-38(15)26-35(12,20-32(8,9)18-30(2,3)4)25-37(14,22-33)28-39(16,27-36)29-38/h1-16H3/t33-,34?,35?,36?,37?,38?,39?/m1/s1. The van der Waals surface area contributed by atoms with Crippen LogP contribution in [0, 0.1) is 0 Å². The van der Waals surface area contributed by atoms with Gasteiger partial charge in [-0.25, -0.2) is 0 Å². The highest BCUT2D eigenvalue weighted by atomic mass is 28.6. The Morgan fingerprint density at radius 3 is 1.03 bits per heavy atom. The molecule has 0 N–H and O–H groups in total. The summed E-state index contributed by atoms with van der Waals surface area (Å²) in [7, 11) is -30.5. The predicted octanol–water partition coefficient (Wildman–Crippen LogP) is 4.23. The molecule has 0 aromatic rings. The summed E-state index contributed by atoms with van der Waals surface area (Å²) in [6, 6.07) is 0. The molecule has 0 spiro atoms. The van der Waals surface area contributed by atoms with E-state index in [1.54, 1.807) is 39.3 Å². The number of hydrogen-bond acceptors (Lipinski definition) is 13. The van der Waals surface area contributed by atoms with Gasteiger partial charge in [-0.15, -0.1) is 0 Å². The minimum Gasteiger partial charge on any atom is -0.437 e. The highest BCUT2D eigenvalue weighted by molar-refractivity contribution is 6.99. The maximum atomic E-state index is 6.82. The summed E-state index contributed by atoms with van der Waals surface area (Å²) in [5.74, 6) is 0. The lowest BCUT2D eigenvalue weighted by Crippen LogP contribution is -2.80. The average Bonchev–Trinajstić information content (AvgIpc) is 2.49. The van der Waals surface area contributed by atoms with Gasteiger partial charge < -0.3 is 53.8 Å². The topological polar surface area (TPSA) is 120 Å². The van der Waals surface area contributed by atoms with Crippen molar-refractivity contribution in [3.8, 4) is 0 Å². The molecule has 23 heteroatoms. The zero-order valence-electron chi connectivity index (χ0n) is 26.3. The van der Waals surface area contributed by atoms with E-state index in [0.717, 1.165) is 0 Å². The first-order valence-corrected chi connectivity index (χ1v) is 38.2. The van der Waals surface area contributed by atoms with Crippen LogP contribution in [0.3, 0.4) is 0 Å². The summed E-state index contributed by atoms with van der Waals surface area (Å²) >= 11 is 0. The first kappa shape index (κ1) is 35.1. The second-order valence-electron chi connectivity index (χ2n) is 13.1. The highest BCUT2D eigenvalue weighted by Gasteiger charge is 2.73. The van der Waals surface area contributed by atoms with Crippen molar-refractivity contribution in [1.29, 1.82) is 0 Å². The van der Waals surface area contributed by atoms with Crippen LogP contribution in [-0.4, -0.2) is 93.9 Å². The summed E-state index contributed by atoms with van der Waals surface area (Å²) in [5, 5.41) is 0. The lowest BCUT2D eigenvalue weighted by molar-refractivity contribution is 0.0185. The Balaban J connectivity index is 2.20. The lowest BCUT2D eigenvalue weighted by atomic mass is 11.8. The minimum absolute atomic E-state index is 1.53. The van der Waals surface area contributed by atoms with Gasteiger partial charge in [0.25, 0.3) is 0 Å². The van der Waals surface area contributed by atoms with Crippen molar-refractivity contribution in [2.45, 2.75) is 98.2 Å². The van der Waals surface area contributed by atoms with Crippen LogP contribution in [0.1, 0.15) is 0 Å². The molecule has 0 radical (unpaired) electrons. The van der Waals surface area contributed by atoms with Crippen molar-refractivity contribution in [2.24, 2.45) is 0 Å². The Hall–Kier alpha value is 1.65. The molecule has 3 aliphatic heterocycles. The molecule has 13 nitrogen and oxygen atoms in total. The van der Waals surface area contributed by atoms with Gasteiger partial charge in [-0.1, -0.05) is 0 Å². The fourth-order valence-corrected chi connectivity index (χ4v) is 54.9. The van der Waals surface area contributed by atoms with Gasteiger partial charge in [0.05, 0.1) is 0 Å². The Kier molecular flexibility index (Phi) is 9.57. The fraction of sp³-hybridized carbons (Fsp3) is 1.00. The molecule has 6 unspecified atom stereocenters. The van der Waals surface area contributed by atoms with Gasteiger partial charge in [0.15, 0.2) is 16.6 Å². The zero-order valence-corrected chi connectivity index (χ0v) is 36.3. The van der Waals surface area contributed by atoms with Crippen LogP contribution in [0.15, 0.2) is 0 Å². The van der Waals surface area contributed by atoms with Crippen molar-refractivity contribution < 1.29 is 53.8 Å². The van der Waals surface area contributed by atoms with Gasteiger partial charge in [-0.2, -0.15) is 0 Å². The fourth-order valence-electron chi connectivity index (χ4n) is 5.27. The molecule has 3 rings (SSSR count). The third kappa shape index (κ3) is 9.57. The van der Waals surface area contributed by atoms with E-state index in [1.807, 2.05) is 19.6 Å². The molecular formula is C16H48O13Si10. The maximum absolute atomic E-state index is 6.82. The third-order valence-electron chi connectivity index (χ3n) is 5.18. The molecule has 3 heterocycles. The normalized spacial score (nSPS) is 46.2. The van der Waals surface area contributed by atoms with E-state index >= 15 is 0 Å². The third-order valence-corrected chi connectivity index (χ3v) is 44.4. The molecule has 4 bridgehead atoms. The molecule has 3 saturated heterocycles. The predicted molar refractivity (Wildman–Crippen MR) is 166 cm³/mol. The molecule has 7 atom stereocenters. The molecule has 230 valence electrons. The maximum Gasteiger partial charge on any atom is 0.482 e. The smallest absolute Gasteiger partial charge is 0.437 e. The van der Waals surface area contributed by atoms with E-state index in [-0.39, 0.29) is 0 Å². The van der Waals surface area contributed by atoms with E-state index in [2.05, 4.69) is 39.3 Å². The largest absolute Gasteiger partial charge is 0.482 e. The molecule has 0 saturated carbocycles. The highest BCUT2D eigenvalue weighted by Crippen LogP contribution is 2.43. The Labute approximate surface area is 245 Å². The van der Waals surface area contributed by atoms with E-state index in [9.17, 15) is 0 Å². The molecular weight excluding hydrogens is 681 g/mol. The average molecular weight is 729 g/mol. The Morgan fingerprint density at radius 2 is 0.718 bits per heavy atom. The van der Waals surface area contributed by atoms with Crippen LogP contribution in [-0.2, 0) is 53.8 Å². The quantitative estimate of drug-likeness (QED) is 0.349. The molecule has 0 aromatic heterocycles. The van der Waals surface area contributed by atoms with Gasteiger partial charge in [0.2, 0.25) is 0 Å². The van der Waals surface area contributed by atoms with E-state index in [0.29, 0.717) is 0 Å². The van der Waals surface area contributed by atoms with Gasteiger partial charge in [-0.3, -0.25) is 0 Å². The number of hydrogen-bond donors (Lipinski definition) is 0. The van der Waals surface area contributed by atoms with Gasteiger partial charge in [0.1, 0.15) is 0 Å². The summed E-state index contributed by atoms with van der Waals surface area (Å²) in [4.78, 5) is 0. The van der Waals surface area contributed by atoms with Crippen LogP contribution in [0.25, 0.3) is 0 Å². The molecule has 0 amide bonds. The lowest BCUT2D eigenvalue weighted by Gasteiger charge is -2.55. The zero-order chi connectivity index (χ0) is 30.2.